The molecule has 0 aromatic rings. The molecule has 1 atom stereocenters. The lowest BCUT2D eigenvalue weighted by Crippen LogP contribution is -2.38. The van der Waals surface area contributed by atoms with Crippen molar-refractivity contribution in [2.24, 2.45) is 4.99 Å². The first kappa shape index (κ1) is 20.2. The van der Waals surface area contributed by atoms with E-state index in [1.54, 1.807) is 0 Å². The van der Waals surface area contributed by atoms with Crippen LogP contribution in [-0.2, 0) is 14.2 Å². The number of hydrogen-bond acceptors (Lipinski definition) is 4. The molecule has 0 bridgehead atoms. The Morgan fingerprint density at radius 2 is 2.00 bits per heavy atom. The number of aliphatic imine (C=N–C) groups is 1. The van der Waals surface area contributed by atoms with Crippen LogP contribution in [0.15, 0.2) is 4.99 Å². The van der Waals surface area contributed by atoms with Crippen LogP contribution in [0.1, 0.15) is 46.0 Å². The Morgan fingerprint density at radius 3 is 2.74 bits per heavy atom. The van der Waals surface area contributed by atoms with Crippen LogP contribution in [0.2, 0.25) is 0 Å². The Kier molecular flexibility index (Phi) is 12.9. The van der Waals surface area contributed by atoms with E-state index in [1.807, 2.05) is 0 Å². The molecule has 0 amide bonds. The van der Waals surface area contributed by atoms with Gasteiger partial charge in [-0.05, 0) is 32.6 Å². The lowest BCUT2D eigenvalue weighted by molar-refractivity contribution is 0.0420. The second-order valence-electron chi connectivity index (χ2n) is 5.72. The van der Waals surface area contributed by atoms with Crippen LogP contribution >= 0.6 is 0 Å². The lowest BCUT2D eigenvalue weighted by atomic mass is 10.3. The van der Waals surface area contributed by atoms with Crippen LogP contribution in [0, 0.1) is 0 Å². The molecule has 1 saturated heterocycles. The van der Waals surface area contributed by atoms with Crippen LogP contribution in [0.5, 0.6) is 0 Å². The van der Waals surface area contributed by atoms with Crippen molar-refractivity contribution < 1.29 is 14.2 Å². The standard InChI is InChI=1S/C17H35N3O3/c1-3-5-11-21-12-6-9-19-17(18-4-2)20-10-7-13-23-16-8-14-22-15-16/h16H,3-15H2,1-2H3,(H2,18,19,20). The summed E-state index contributed by atoms with van der Waals surface area (Å²) in [7, 11) is 0. The number of rotatable bonds is 13. The van der Waals surface area contributed by atoms with E-state index >= 15 is 0 Å². The number of nitrogens with zero attached hydrogens (tertiary/aromatic N) is 1. The van der Waals surface area contributed by atoms with Gasteiger partial charge in [-0.3, -0.25) is 4.99 Å². The molecule has 1 rings (SSSR count). The summed E-state index contributed by atoms with van der Waals surface area (Å²) in [5, 5.41) is 6.61. The minimum absolute atomic E-state index is 0.296. The summed E-state index contributed by atoms with van der Waals surface area (Å²) >= 11 is 0. The minimum Gasteiger partial charge on any atom is -0.381 e. The molecule has 0 aromatic carbocycles. The zero-order chi connectivity index (χ0) is 16.6. The van der Waals surface area contributed by atoms with Crippen molar-refractivity contribution >= 4 is 5.96 Å². The van der Waals surface area contributed by atoms with Gasteiger partial charge in [-0.15, -0.1) is 0 Å². The molecular weight excluding hydrogens is 294 g/mol. The monoisotopic (exact) mass is 329 g/mol. The number of hydrogen-bond donors (Lipinski definition) is 2. The average Bonchev–Trinajstić information content (AvgIpc) is 3.07. The van der Waals surface area contributed by atoms with E-state index in [0.717, 1.165) is 84.3 Å². The summed E-state index contributed by atoms with van der Waals surface area (Å²) in [6, 6.07) is 0. The second-order valence-corrected chi connectivity index (χ2v) is 5.72. The Balaban J connectivity index is 2.01. The van der Waals surface area contributed by atoms with Gasteiger partial charge < -0.3 is 24.8 Å². The smallest absolute Gasteiger partial charge is 0.191 e. The maximum atomic E-state index is 5.75. The van der Waals surface area contributed by atoms with E-state index in [1.165, 1.54) is 6.42 Å². The predicted octanol–water partition coefficient (Wildman–Crippen LogP) is 1.94. The van der Waals surface area contributed by atoms with E-state index in [-0.39, 0.29) is 0 Å². The summed E-state index contributed by atoms with van der Waals surface area (Å²) < 4.78 is 16.6. The molecule has 6 nitrogen and oxygen atoms in total. The third-order valence-corrected chi connectivity index (χ3v) is 3.56. The first-order chi connectivity index (χ1) is 11.4. The van der Waals surface area contributed by atoms with E-state index in [2.05, 4.69) is 29.5 Å². The fourth-order valence-electron chi connectivity index (χ4n) is 2.22. The molecule has 1 aliphatic heterocycles. The van der Waals surface area contributed by atoms with Crippen molar-refractivity contribution in [3.63, 3.8) is 0 Å². The second kappa shape index (κ2) is 14.7. The van der Waals surface area contributed by atoms with Gasteiger partial charge in [-0.2, -0.15) is 0 Å². The van der Waals surface area contributed by atoms with Gasteiger partial charge in [0.05, 0.1) is 12.7 Å². The quantitative estimate of drug-likeness (QED) is 0.307. The predicted molar refractivity (Wildman–Crippen MR) is 94.1 cm³/mol. The summed E-state index contributed by atoms with van der Waals surface area (Å²) in [4.78, 5) is 4.56. The van der Waals surface area contributed by atoms with Crippen molar-refractivity contribution in [3.8, 4) is 0 Å². The molecule has 1 aliphatic rings. The molecule has 6 heteroatoms. The molecule has 23 heavy (non-hydrogen) atoms. The average molecular weight is 329 g/mol. The number of nitrogens with one attached hydrogen (secondary N) is 2. The van der Waals surface area contributed by atoms with Gasteiger partial charge in [0.2, 0.25) is 0 Å². The fourth-order valence-corrected chi connectivity index (χ4v) is 2.22. The highest BCUT2D eigenvalue weighted by atomic mass is 16.5. The summed E-state index contributed by atoms with van der Waals surface area (Å²) in [5.74, 6) is 0.880. The van der Waals surface area contributed by atoms with Crippen molar-refractivity contribution in [2.75, 3.05) is 52.7 Å². The number of ether oxygens (including phenoxy) is 3. The Labute approximate surface area is 141 Å². The van der Waals surface area contributed by atoms with E-state index in [4.69, 9.17) is 14.2 Å². The third kappa shape index (κ3) is 11.3. The molecular formula is C17H35N3O3. The Morgan fingerprint density at radius 1 is 1.13 bits per heavy atom. The van der Waals surface area contributed by atoms with Gasteiger partial charge in [0.1, 0.15) is 0 Å². The first-order valence-corrected chi connectivity index (χ1v) is 9.16. The largest absolute Gasteiger partial charge is 0.381 e. The van der Waals surface area contributed by atoms with Gasteiger partial charge >= 0.3 is 0 Å². The Hall–Kier alpha value is -0.850. The van der Waals surface area contributed by atoms with Gasteiger partial charge in [0.25, 0.3) is 0 Å². The SMILES string of the molecule is CCCCOCCCN=C(NCC)NCCCOC1CCOC1. The van der Waals surface area contributed by atoms with Crippen molar-refractivity contribution in [3.05, 3.63) is 0 Å². The molecule has 0 aromatic heterocycles. The third-order valence-electron chi connectivity index (χ3n) is 3.56. The van der Waals surface area contributed by atoms with Gasteiger partial charge in [-0.25, -0.2) is 0 Å². The fraction of sp³-hybridized carbons (Fsp3) is 0.941. The van der Waals surface area contributed by atoms with Gasteiger partial charge in [0, 0.05) is 46.1 Å². The highest BCUT2D eigenvalue weighted by Crippen LogP contribution is 2.07. The van der Waals surface area contributed by atoms with Crippen LogP contribution in [-0.4, -0.2) is 64.7 Å². The first-order valence-electron chi connectivity index (χ1n) is 9.16. The normalized spacial score (nSPS) is 18.3. The lowest BCUT2D eigenvalue weighted by Gasteiger charge is -2.13. The van der Waals surface area contributed by atoms with E-state index in [9.17, 15) is 0 Å². The topological polar surface area (TPSA) is 64.1 Å². The van der Waals surface area contributed by atoms with Crippen LogP contribution in [0.4, 0.5) is 0 Å². The van der Waals surface area contributed by atoms with E-state index in [0.29, 0.717) is 6.10 Å². The molecule has 0 spiro atoms. The van der Waals surface area contributed by atoms with Crippen molar-refractivity contribution in [2.45, 2.75) is 52.1 Å². The molecule has 1 fully saturated rings. The molecule has 0 saturated carbocycles. The van der Waals surface area contributed by atoms with Crippen molar-refractivity contribution in [1.29, 1.82) is 0 Å². The molecule has 0 radical (unpaired) electrons. The zero-order valence-electron chi connectivity index (χ0n) is 14.9. The summed E-state index contributed by atoms with van der Waals surface area (Å²) in [6.07, 6.45) is 5.58. The molecule has 1 unspecified atom stereocenters. The minimum atomic E-state index is 0.296. The van der Waals surface area contributed by atoms with E-state index < -0.39 is 0 Å². The summed E-state index contributed by atoms with van der Waals surface area (Å²) in [6.45, 7) is 10.8. The molecule has 2 N–H and O–H groups in total. The maximum Gasteiger partial charge on any atom is 0.191 e. The number of guanidine groups is 1. The highest BCUT2D eigenvalue weighted by Gasteiger charge is 2.15. The molecule has 136 valence electrons. The number of unbranched alkanes of at least 4 members (excludes halogenated alkanes) is 1. The molecule has 1 heterocycles. The maximum absolute atomic E-state index is 5.75. The van der Waals surface area contributed by atoms with Gasteiger partial charge in [0.15, 0.2) is 5.96 Å². The summed E-state index contributed by atoms with van der Waals surface area (Å²) in [5.41, 5.74) is 0. The van der Waals surface area contributed by atoms with Gasteiger partial charge in [-0.1, -0.05) is 13.3 Å². The van der Waals surface area contributed by atoms with Crippen LogP contribution in [0.3, 0.4) is 0 Å². The highest BCUT2D eigenvalue weighted by molar-refractivity contribution is 5.79. The van der Waals surface area contributed by atoms with Crippen LogP contribution < -0.4 is 10.6 Å². The molecule has 0 aliphatic carbocycles. The zero-order valence-corrected chi connectivity index (χ0v) is 14.9. The van der Waals surface area contributed by atoms with Crippen molar-refractivity contribution in [1.82, 2.24) is 10.6 Å². The van der Waals surface area contributed by atoms with Crippen LogP contribution in [0.25, 0.3) is 0 Å². The Bertz CT molecular complexity index is 295.